The Morgan fingerprint density at radius 3 is 2.37 bits per heavy atom. The van der Waals surface area contributed by atoms with Crippen LogP contribution in [0.3, 0.4) is 0 Å². The zero-order chi connectivity index (χ0) is 19.8. The van der Waals surface area contributed by atoms with Gasteiger partial charge in [-0.25, -0.2) is 0 Å². The minimum Gasteiger partial charge on any atom is -0.466 e. The second-order valence-corrected chi connectivity index (χ2v) is 7.02. The largest absolute Gasteiger partial charge is 0.466 e. The smallest absolute Gasteiger partial charge is 0.302 e. The standard InChI is InChI=1S/C21H23Cl2NO3/c1-3-24(21(26)16-7-5-4-6-8-16)14-18(11-12-27-15(2)25)17-9-10-19(22)20(23)13-17/h4-10,13,18H,3,11-12,14H2,1-2H3/t18-/m1/s1. The SMILES string of the molecule is CCN(C[C@@H](CCOC(C)=O)c1ccc(Cl)c(Cl)c1)C(=O)c1ccccc1. The highest BCUT2D eigenvalue weighted by Gasteiger charge is 2.21. The molecule has 2 aromatic carbocycles. The Balaban J connectivity index is 2.21. The van der Waals surface area contributed by atoms with E-state index in [1.165, 1.54) is 6.92 Å². The molecule has 0 unspecified atom stereocenters. The maximum absolute atomic E-state index is 12.8. The van der Waals surface area contributed by atoms with Crippen LogP contribution in [0.4, 0.5) is 0 Å². The molecule has 0 aliphatic carbocycles. The molecule has 27 heavy (non-hydrogen) atoms. The number of hydrogen-bond acceptors (Lipinski definition) is 3. The number of hydrogen-bond donors (Lipinski definition) is 0. The first-order chi connectivity index (χ1) is 12.9. The Morgan fingerprint density at radius 2 is 1.78 bits per heavy atom. The van der Waals surface area contributed by atoms with E-state index in [2.05, 4.69) is 0 Å². The zero-order valence-corrected chi connectivity index (χ0v) is 17.0. The second kappa shape index (κ2) is 10.3. The van der Waals surface area contributed by atoms with Gasteiger partial charge in [0.1, 0.15) is 0 Å². The Hall–Kier alpha value is -2.04. The highest BCUT2D eigenvalue weighted by molar-refractivity contribution is 6.42. The van der Waals surface area contributed by atoms with Crippen molar-refractivity contribution in [3.8, 4) is 0 Å². The molecule has 2 aromatic rings. The Morgan fingerprint density at radius 1 is 1.07 bits per heavy atom. The monoisotopic (exact) mass is 407 g/mol. The van der Waals surface area contributed by atoms with Crippen LogP contribution in [0, 0.1) is 0 Å². The average molecular weight is 408 g/mol. The highest BCUT2D eigenvalue weighted by atomic mass is 35.5. The number of ether oxygens (including phenoxy) is 1. The number of nitrogens with zero attached hydrogens (tertiary/aromatic N) is 1. The van der Waals surface area contributed by atoms with E-state index in [4.69, 9.17) is 27.9 Å². The van der Waals surface area contributed by atoms with Gasteiger partial charge in [0.25, 0.3) is 5.91 Å². The van der Waals surface area contributed by atoms with Crippen LogP contribution in [0.25, 0.3) is 0 Å². The lowest BCUT2D eigenvalue weighted by Gasteiger charge is -2.27. The van der Waals surface area contributed by atoms with Gasteiger partial charge in [-0.3, -0.25) is 9.59 Å². The van der Waals surface area contributed by atoms with Crippen LogP contribution in [0.1, 0.15) is 42.1 Å². The van der Waals surface area contributed by atoms with Crippen LogP contribution < -0.4 is 0 Å². The molecule has 0 aliphatic rings. The van der Waals surface area contributed by atoms with Crippen molar-refractivity contribution in [1.82, 2.24) is 4.90 Å². The predicted octanol–water partition coefficient (Wildman–Crippen LogP) is 5.19. The van der Waals surface area contributed by atoms with Gasteiger partial charge in [0.2, 0.25) is 0 Å². The fourth-order valence-electron chi connectivity index (χ4n) is 2.86. The van der Waals surface area contributed by atoms with Crippen molar-refractivity contribution in [2.45, 2.75) is 26.2 Å². The lowest BCUT2D eigenvalue weighted by atomic mass is 9.95. The first-order valence-electron chi connectivity index (χ1n) is 8.85. The van der Waals surface area contributed by atoms with Gasteiger partial charge in [0.05, 0.1) is 16.7 Å². The van der Waals surface area contributed by atoms with Crippen molar-refractivity contribution in [2.24, 2.45) is 0 Å². The summed E-state index contributed by atoms with van der Waals surface area (Å²) in [5, 5.41) is 0.941. The summed E-state index contributed by atoms with van der Waals surface area (Å²) < 4.78 is 5.11. The number of esters is 1. The van der Waals surface area contributed by atoms with Gasteiger partial charge in [0.15, 0.2) is 0 Å². The molecule has 0 radical (unpaired) electrons. The van der Waals surface area contributed by atoms with Crippen molar-refractivity contribution < 1.29 is 14.3 Å². The predicted molar refractivity (Wildman–Crippen MR) is 108 cm³/mol. The minimum absolute atomic E-state index is 0.0318. The number of carbonyl (C=O) groups is 2. The maximum Gasteiger partial charge on any atom is 0.302 e. The normalized spacial score (nSPS) is 11.7. The summed E-state index contributed by atoms with van der Waals surface area (Å²) in [6, 6.07) is 14.6. The number of halogens is 2. The maximum atomic E-state index is 12.8. The average Bonchev–Trinajstić information content (AvgIpc) is 2.66. The van der Waals surface area contributed by atoms with Crippen molar-refractivity contribution in [3.63, 3.8) is 0 Å². The van der Waals surface area contributed by atoms with Gasteiger partial charge in [-0.15, -0.1) is 0 Å². The zero-order valence-electron chi connectivity index (χ0n) is 15.5. The third-order valence-electron chi connectivity index (χ3n) is 4.32. The fraction of sp³-hybridized carbons (Fsp3) is 0.333. The third kappa shape index (κ3) is 6.26. The summed E-state index contributed by atoms with van der Waals surface area (Å²) in [5.41, 5.74) is 1.60. The van der Waals surface area contributed by atoms with Crippen LogP contribution in [0.2, 0.25) is 10.0 Å². The molecule has 0 saturated carbocycles. The van der Waals surface area contributed by atoms with Crippen LogP contribution in [-0.4, -0.2) is 36.5 Å². The molecule has 4 nitrogen and oxygen atoms in total. The molecular formula is C21H23Cl2NO3. The van der Waals surface area contributed by atoms with E-state index in [9.17, 15) is 9.59 Å². The number of carbonyl (C=O) groups excluding carboxylic acids is 2. The molecule has 0 aliphatic heterocycles. The molecule has 0 N–H and O–H groups in total. The van der Waals surface area contributed by atoms with E-state index in [1.54, 1.807) is 23.1 Å². The topological polar surface area (TPSA) is 46.6 Å². The molecule has 0 bridgehead atoms. The van der Waals surface area contributed by atoms with Crippen LogP contribution >= 0.6 is 23.2 Å². The Kier molecular flexibility index (Phi) is 8.14. The molecule has 0 fully saturated rings. The molecule has 2 rings (SSSR count). The third-order valence-corrected chi connectivity index (χ3v) is 5.06. The van der Waals surface area contributed by atoms with Crippen molar-refractivity contribution in [2.75, 3.05) is 19.7 Å². The summed E-state index contributed by atoms with van der Waals surface area (Å²) in [4.78, 5) is 25.7. The summed E-state index contributed by atoms with van der Waals surface area (Å²) >= 11 is 12.2. The van der Waals surface area contributed by atoms with Crippen LogP contribution in [0.15, 0.2) is 48.5 Å². The Bertz CT molecular complexity index is 780. The van der Waals surface area contributed by atoms with Gasteiger partial charge >= 0.3 is 5.97 Å². The van der Waals surface area contributed by atoms with E-state index in [1.807, 2.05) is 37.3 Å². The van der Waals surface area contributed by atoms with Gasteiger partial charge in [-0.2, -0.15) is 0 Å². The Labute approximate surface area is 170 Å². The van der Waals surface area contributed by atoms with Gasteiger partial charge in [-0.05, 0) is 43.2 Å². The molecule has 0 heterocycles. The van der Waals surface area contributed by atoms with Gasteiger partial charge in [0, 0.05) is 31.5 Å². The summed E-state index contributed by atoms with van der Waals surface area (Å²) in [5.74, 6) is -0.391. The van der Waals surface area contributed by atoms with Crippen molar-refractivity contribution in [3.05, 3.63) is 69.7 Å². The second-order valence-electron chi connectivity index (χ2n) is 6.21. The summed E-state index contributed by atoms with van der Waals surface area (Å²) in [7, 11) is 0. The fourth-order valence-corrected chi connectivity index (χ4v) is 3.17. The van der Waals surface area contributed by atoms with Crippen LogP contribution in [-0.2, 0) is 9.53 Å². The quantitative estimate of drug-likeness (QED) is 0.565. The molecule has 1 atom stereocenters. The lowest BCUT2D eigenvalue weighted by Crippen LogP contribution is -2.35. The first kappa shape index (κ1) is 21.3. The van der Waals surface area contributed by atoms with E-state index in [-0.39, 0.29) is 24.4 Å². The molecule has 0 saturated heterocycles. The highest BCUT2D eigenvalue weighted by Crippen LogP contribution is 2.29. The van der Waals surface area contributed by atoms with E-state index in [0.717, 1.165) is 5.56 Å². The van der Waals surface area contributed by atoms with Crippen molar-refractivity contribution in [1.29, 1.82) is 0 Å². The van der Waals surface area contributed by atoms with Gasteiger partial charge in [-0.1, -0.05) is 47.5 Å². The van der Waals surface area contributed by atoms with E-state index in [0.29, 0.717) is 35.1 Å². The molecule has 6 heteroatoms. The summed E-state index contributed by atoms with van der Waals surface area (Å²) in [6.45, 7) is 4.66. The number of likely N-dealkylation sites (N-methyl/N-ethyl adjacent to an activating group) is 1. The number of amides is 1. The molecular weight excluding hydrogens is 385 g/mol. The molecule has 0 aromatic heterocycles. The van der Waals surface area contributed by atoms with E-state index < -0.39 is 0 Å². The molecule has 1 amide bonds. The number of benzene rings is 2. The van der Waals surface area contributed by atoms with Crippen molar-refractivity contribution >= 4 is 35.1 Å². The van der Waals surface area contributed by atoms with Gasteiger partial charge < -0.3 is 9.64 Å². The van der Waals surface area contributed by atoms with E-state index >= 15 is 0 Å². The van der Waals surface area contributed by atoms with Crippen LogP contribution in [0.5, 0.6) is 0 Å². The number of rotatable bonds is 8. The first-order valence-corrected chi connectivity index (χ1v) is 9.60. The lowest BCUT2D eigenvalue weighted by molar-refractivity contribution is -0.141. The molecule has 0 spiro atoms. The minimum atomic E-state index is -0.324. The summed E-state index contributed by atoms with van der Waals surface area (Å²) in [6.07, 6.45) is 0.579. The molecule has 144 valence electrons.